The van der Waals surface area contributed by atoms with Crippen LogP contribution in [0.1, 0.15) is 43.1 Å². The van der Waals surface area contributed by atoms with Gasteiger partial charge in [-0.15, -0.1) is 0 Å². The molecule has 0 radical (unpaired) electrons. The first-order valence-electron chi connectivity index (χ1n) is 6.90. The molecular weight excluding hydrogens is 324 g/mol. The monoisotopic (exact) mass is 342 g/mol. The van der Waals surface area contributed by atoms with Crippen molar-refractivity contribution in [1.29, 1.82) is 0 Å². The number of nitrogens with one attached hydrogen (secondary N) is 1. The molecule has 0 unspecified atom stereocenters. The van der Waals surface area contributed by atoms with E-state index >= 15 is 0 Å². The van der Waals surface area contributed by atoms with Crippen LogP contribution in [0.2, 0.25) is 0 Å². The van der Waals surface area contributed by atoms with Crippen molar-refractivity contribution < 1.29 is 14.7 Å². The lowest BCUT2D eigenvalue weighted by atomic mass is 9.86. The molecule has 1 aromatic rings. The summed E-state index contributed by atoms with van der Waals surface area (Å²) in [5.74, 6) is -1.06. The Morgan fingerprint density at radius 3 is 2.60 bits per heavy atom. The molecule has 110 valence electrons. The highest BCUT2D eigenvalue weighted by Gasteiger charge is 2.27. The molecule has 1 aliphatic rings. The number of hydrogen-bond acceptors (Lipinski definition) is 2. The minimum absolute atomic E-state index is 0.0806. The first-order chi connectivity index (χ1) is 9.51. The van der Waals surface area contributed by atoms with Gasteiger partial charge in [-0.1, -0.05) is 0 Å². The van der Waals surface area contributed by atoms with Gasteiger partial charge in [-0.2, -0.15) is 0 Å². The Morgan fingerprint density at radius 1 is 1.40 bits per heavy atom. The number of nitrogens with zero attached hydrogens (tertiary/aromatic N) is 1. The summed E-state index contributed by atoms with van der Waals surface area (Å²) in [6.07, 6.45) is 4.63. The lowest BCUT2D eigenvalue weighted by Crippen LogP contribution is -2.39. The van der Waals surface area contributed by atoms with E-state index in [2.05, 4.69) is 21.2 Å². The fourth-order valence-electron chi connectivity index (χ4n) is 2.67. The molecule has 0 aliphatic heterocycles. The van der Waals surface area contributed by atoms with Gasteiger partial charge in [0.25, 0.3) is 5.91 Å². The second-order valence-corrected chi connectivity index (χ2v) is 6.11. The standard InChI is InChI=1S/C14H19BrN2O3/c1-2-17-8-10(15)7-12(17)13(18)16-11-5-3-9(4-6-11)14(19)20/h7-9,11H,2-6H2,1H3,(H,16,18)(H,19,20). The van der Waals surface area contributed by atoms with Gasteiger partial charge in [-0.3, -0.25) is 9.59 Å². The van der Waals surface area contributed by atoms with Crippen LogP contribution in [0.25, 0.3) is 0 Å². The van der Waals surface area contributed by atoms with E-state index in [1.165, 1.54) is 0 Å². The van der Waals surface area contributed by atoms with E-state index in [0.717, 1.165) is 23.9 Å². The number of carboxylic acids is 1. The summed E-state index contributed by atoms with van der Waals surface area (Å²) < 4.78 is 2.78. The van der Waals surface area contributed by atoms with E-state index in [1.54, 1.807) is 0 Å². The van der Waals surface area contributed by atoms with Gasteiger partial charge in [0.2, 0.25) is 0 Å². The van der Waals surface area contributed by atoms with Gasteiger partial charge >= 0.3 is 5.97 Å². The maximum atomic E-state index is 12.3. The third-order valence-electron chi connectivity index (χ3n) is 3.85. The molecule has 5 nitrogen and oxygen atoms in total. The zero-order valence-corrected chi connectivity index (χ0v) is 13.0. The Balaban J connectivity index is 1.94. The minimum Gasteiger partial charge on any atom is -0.481 e. The molecule has 20 heavy (non-hydrogen) atoms. The van der Waals surface area contributed by atoms with Crippen molar-refractivity contribution in [3.8, 4) is 0 Å². The number of carbonyl (C=O) groups excluding carboxylic acids is 1. The van der Waals surface area contributed by atoms with Crippen molar-refractivity contribution in [1.82, 2.24) is 9.88 Å². The maximum Gasteiger partial charge on any atom is 0.306 e. The summed E-state index contributed by atoms with van der Waals surface area (Å²) in [6.45, 7) is 2.72. The third kappa shape index (κ3) is 3.42. The summed E-state index contributed by atoms with van der Waals surface area (Å²) in [5.41, 5.74) is 0.639. The molecule has 2 N–H and O–H groups in total. The van der Waals surface area contributed by atoms with E-state index in [4.69, 9.17) is 5.11 Å². The lowest BCUT2D eigenvalue weighted by molar-refractivity contribution is -0.142. The summed E-state index contributed by atoms with van der Waals surface area (Å²) in [7, 11) is 0. The largest absolute Gasteiger partial charge is 0.481 e. The topological polar surface area (TPSA) is 71.3 Å². The van der Waals surface area contributed by atoms with Gasteiger partial charge in [0.05, 0.1) is 5.92 Å². The second-order valence-electron chi connectivity index (χ2n) is 5.19. The molecule has 1 aromatic heterocycles. The number of hydrogen-bond donors (Lipinski definition) is 2. The van der Waals surface area contributed by atoms with Crippen LogP contribution in [0.4, 0.5) is 0 Å². The summed E-state index contributed by atoms with van der Waals surface area (Å²) >= 11 is 3.38. The van der Waals surface area contributed by atoms with Crippen LogP contribution in [0.5, 0.6) is 0 Å². The van der Waals surface area contributed by atoms with Crippen molar-refractivity contribution in [3.05, 3.63) is 22.4 Å². The van der Waals surface area contributed by atoms with Crippen molar-refractivity contribution in [2.75, 3.05) is 0 Å². The van der Waals surface area contributed by atoms with Gasteiger partial charge in [0.15, 0.2) is 0 Å². The highest BCUT2D eigenvalue weighted by molar-refractivity contribution is 9.10. The van der Waals surface area contributed by atoms with E-state index in [9.17, 15) is 9.59 Å². The molecule has 0 saturated heterocycles. The van der Waals surface area contributed by atoms with E-state index in [-0.39, 0.29) is 17.9 Å². The van der Waals surface area contributed by atoms with Crippen LogP contribution in [0.3, 0.4) is 0 Å². The molecule has 0 atom stereocenters. The molecule has 1 fully saturated rings. The van der Waals surface area contributed by atoms with E-state index in [0.29, 0.717) is 18.5 Å². The summed E-state index contributed by atoms with van der Waals surface area (Å²) in [4.78, 5) is 23.1. The molecular formula is C14H19BrN2O3. The Labute approximate surface area is 126 Å². The minimum atomic E-state index is -0.724. The average molecular weight is 343 g/mol. The van der Waals surface area contributed by atoms with Crippen molar-refractivity contribution in [2.24, 2.45) is 5.92 Å². The van der Waals surface area contributed by atoms with Gasteiger partial charge in [-0.05, 0) is 54.6 Å². The number of rotatable bonds is 4. The smallest absolute Gasteiger partial charge is 0.306 e. The van der Waals surface area contributed by atoms with Crippen LogP contribution in [0.15, 0.2) is 16.7 Å². The summed E-state index contributed by atoms with van der Waals surface area (Å²) in [5, 5.41) is 12.0. The predicted octanol–water partition coefficient (Wildman–Crippen LogP) is 2.64. The van der Waals surface area contributed by atoms with E-state index in [1.807, 2.05) is 23.8 Å². The highest BCUT2D eigenvalue weighted by atomic mass is 79.9. The number of aryl methyl sites for hydroxylation is 1. The quantitative estimate of drug-likeness (QED) is 0.883. The number of aromatic nitrogens is 1. The summed E-state index contributed by atoms with van der Waals surface area (Å²) in [6, 6.07) is 1.89. The number of carboxylic acid groups (broad SMARTS) is 1. The molecule has 1 amide bonds. The number of halogens is 1. The lowest BCUT2D eigenvalue weighted by Gasteiger charge is -2.26. The van der Waals surface area contributed by atoms with Crippen molar-refractivity contribution in [2.45, 2.75) is 45.2 Å². The molecule has 1 saturated carbocycles. The Morgan fingerprint density at radius 2 is 2.05 bits per heavy atom. The van der Waals surface area contributed by atoms with Crippen molar-refractivity contribution in [3.63, 3.8) is 0 Å². The van der Waals surface area contributed by atoms with Gasteiger partial charge < -0.3 is 15.0 Å². The van der Waals surface area contributed by atoms with Crippen LogP contribution < -0.4 is 5.32 Å². The molecule has 1 aliphatic carbocycles. The molecule has 0 spiro atoms. The van der Waals surface area contributed by atoms with Crippen LogP contribution in [-0.2, 0) is 11.3 Å². The molecule has 1 heterocycles. The fourth-order valence-corrected chi connectivity index (χ4v) is 3.13. The highest BCUT2D eigenvalue weighted by Crippen LogP contribution is 2.25. The Bertz CT molecular complexity index is 505. The van der Waals surface area contributed by atoms with Crippen LogP contribution in [0, 0.1) is 5.92 Å². The Kier molecular flexibility index (Phi) is 4.86. The third-order valence-corrected chi connectivity index (χ3v) is 4.28. The SMILES string of the molecule is CCn1cc(Br)cc1C(=O)NC1CCC(C(=O)O)CC1. The normalized spacial score (nSPS) is 22.5. The second kappa shape index (κ2) is 6.43. The van der Waals surface area contributed by atoms with Crippen LogP contribution >= 0.6 is 15.9 Å². The predicted molar refractivity (Wildman–Crippen MR) is 78.7 cm³/mol. The van der Waals surface area contributed by atoms with Crippen molar-refractivity contribution >= 4 is 27.8 Å². The number of amides is 1. The zero-order valence-electron chi connectivity index (χ0n) is 11.4. The number of aliphatic carboxylic acids is 1. The maximum absolute atomic E-state index is 12.3. The zero-order chi connectivity index (χ0) is 14.7. The molecule has 0 aromatic carbocycles. The average Bonchev–Trinajstić information content (AvgIpc) is 2.80. The van der Waals surface area contributed by atoms with E-state index < -0.39 is 5.97 Å². The van der Waals surface area contributed by atoms with Crippen LogP contribution in [-0.4, -0.2) is 27.6 Å². The molecule has 2 rings (SSSR count). The first-order valence-corrected chi connectivity index (χ1v) is 7.70. The molecule has 6 heteroatoms. The molecule has 0 bridgehead atoms. The first kappa shape index (κ1) is 15.1. The van der Waals surface area contributed by atoms with Gasteiger partial charge in [0.1, 0.15) is 5.69 Å². The Hall–Kier alpha value is -1.30. The fraction of sp³-hybridized carbons (Fsp3) is 0.571. The van der Waals surface area contributed by atoms with Gasteiger partial charge in [0, 0.05) is 23.3 Å². The number of carbonyl (C=O) groups is 2. The van der Waals surface area contributed by atoms with Gasteiger partial charge in [-0.25, -0.2) is 0 Å².